The number of carbonyl (C=O) groups excluding carboxylic acids is 1. The minimum absolute atomic E-state index is 0.0920. The molecular weight excluding hydrogens is 335 g/mol. The van der Waals surface area contributed by atoms with Crippen molar-refractivity contribution in [1.82, 2.24) is 19.9 Å². The lowest BCUT2D eigenvalue weighted by Gasteiger charge is -2.06. The van der Waals surface area contributed by atoms with E-state index in [0.29, 0.717) is 17.9 Å². The molecule has 0 spiro atoms. The van der Waals surface area contributed by atoms with Crippen LogP contribution in [0.4, 0.5) is 4.39 Å². The van der Waals surface area contributed by atoms with Crippen LogP contribution in [0.25, 0.3) is 6.08 Å². The highest BCUT2D eigenvalue weighted by atomic mass is 19.1. The second kappa shape index (κ2) is 8.06. The molecule has 0 bridgehead atoms. The van der Waals surface area contributed by atoms with Crippen LogP contribution in [0.3, 0.4) is 0 Å². The standard InChI is InChI=1S/C19H17FN4O2/c1-24-10-9-22-18(24)13-23-19(25)7-5-14-4-6-17(16(20)11-14)26-15-3-2-8-21-12-15/h2-12H,13H2,1H3,(H,23,25). The Labute approximate surface area is 150 Å². The number of pyridine rings is 1. The summed E-state index contributed by atoms with van der Waals surface area (Å²) in [5, 5.41) is 2.72. The number of benzene rings is 1. The molecule has 2 aromatic heterocycles. The molecule has 0 saturated heterocycles. The maximum atomic E-state index is 14.1. The van der Waals surface area contributed by atoms with Crippen LogP contribution < -0.4 is 10.1 Å². The number of imidazole rings is 1. The average Bonchev–Trinajstić information content (AvgIpc) is 3.06. The van der Waals surface area contributed by atoms with Gasteiger partial charge in [0, 0.05) is 31.7 Å². The van der Waals surface area contributed by atoms with Gasteiger partial charge in [0.2, 0.25) is 5.91 Å². The van der Waals surface area contributed by atoms with Crippen LogP contribution in [-0.4, -0.2) is 20.4 Å². The molecule has 1 N–H and O–H groups in total. The van der Waals surface area contributed by atoms with Crippen molar-refractivity contribution in [3.05, 3.63) is 78.4 Å². The van der Waals surface area contributed by atoms with E-state index >= 15 is 0 Å². The molecule has 0 atom stereocenters. The van der Waals surface area contributed by atoms with Crippen LogP contribution in [-0.2, 0) is 18.4 Å². The molecule has 3 rings (SSSR count). The van der Waals surface area contributed by atoms with E-state index in [9.17, 15) is 9.18 Å². The molecule has 0 saturated carbocycles. The first-order chi connectivity index (χ1) is 12.6. The minimum atomic E-state index is -0.524. The predicted molar refractivity (Wildman–Crippen MR) is 94.8 cm³/mol. The third-order valence-electron chi connectivity index (χ3n) is 3.59. The molecular formula is C19H17FN4O2. The van der Waals surface area contributed by atoms with E-state index in [-0.39, 0.29) is 11.7 Å². The molecule has 26 heavy (non-hydrogen) atoms. The van der Waals surface area contributed by atoms with Gasteiger partial charge < -0.3 is 14.6 Å². The second-order valence-electron chi connectivity index (χ2n) is 5.49. The minimum Gasteiger partial charge on any atom is -0.453 e. The summed E-state index contributed by atoms with van der Waals surface area (Å²) in [6.07, 6.45) is 9.45. The number of amides is 1. The van der Waals surface area contributed by atoms with Crippen LogP contribution in [0.1, 0.15) is 11.4 Å². The van der Waals surface area contributed by atoms with Gasteiger partial charge in [-0.1, -0.05) is 6.07 Å². The van der Waals surface area contributed by atoms with E-state index in [0.717, 1.165) is 5.82 Å². The van der Waals surface area contributed by atoms with Crippen molar-refractivity contribution in [3.63, 3.8) is 0 Å². The van der Waals surface area contributed by atoms with Crippen LogP contribution in [0.2, 0.25) is 0 Å². The molecule has 0 fully saturated rings. The van der Waals surface area contributed by atoms with Crippen LogP contribution in [0.15, 0.2) is 61.2 Å². The third-order valence-corrected chi connectivity index (χ3v) is 3.59. The van der Waals surface area contributed by atoms with Gasteiger partial charge in [0.15, 0.2) is 11.6 Å². The molecule has 1 amide bonds. The summed E-state index contributed by atoms with van der Waals surface area (Å²) in [5.41, 5.74) is 0.549. The predicted octanol–water partition coefficient (Wildman–Crippen LogP) is 3.08. The fourth-order valence-corrected chi connectivity index (χ4v) is 2.20. The monoisotopic (exact) mass is 352 g/mol. The van der Waals surface area contributed by atoms with Gasteiger partial charge in [-0.2, -0.15) is 0 Å². The number of hydrogen-bond acceptors (Lipinski definition) is 4. The SMILES string of the molecule is Cn1ccnc1CNC(=O)C=Cc1ccc(Oc2cccnc2)c(F)c1. The summed E-state index contributed by atoms with van der Waals surface area (Å²) in [5.74, 6) is 0.473. The summed E-state index contributed by atoms with van der Waals surface area (Å²) >= 11 is 0. The van der Waals surface area contributed by atoms with Crippen molar-refractivity contribution in [2.24, 2.45) is 7.05 Å². The topological polar surface area (TPSA) is 69.0 Å². The molecule has 2 heterocycles. The molecule has 132 valence electrons. The van der Waals surface area contributed by atoms with E-state index in [4.69, 9.17) is 4.74 Å². The van der Waals surface area contributed by atoms with Gasteiger partial charge in [0.1, 0.15) is 11.6 Å². The van der Waals surface area contributed by atoms with E-state index in [1.54, 1.807) is 36.8 Å². The zero-order valence-corrected chi connectivity index (χ0v) is 14.1. The number of aryl methyl sites for hydroxylation is 1. The Morgan fingerprint density at radius 2 is 2.23 bits per heavy atom. The largest absolute Gasteiger partial charge is 0.453 e. The van der Waals surface area contributed by atoms with Crippen molar-refractivity contribution in [3.8, 4) is 11.5 Å². The highest BCUT2D eigenvalue weighted by Crippen LogP contribution is 2.24. The molecule has 7 heteroatoms. The lowest BCUT2D eigenvalue weighted by Crippen LogP contribution is -2.22. The van der Waals surface area contributed by atoms with Crippen molar-refractivity contribution in [1.29, 1.82) is 0 Å². The number of hydrogen-bond donors (Lipinski definition) is 1. The van der Waals surface area contributed by atoms with Crippen LogP contribution >= 0.6 is 0 Å². The average molecular weight is 352 g/mol. The maximum absolute atomic E-state index is 14.1. The maximum Gasteiger partial charge on any atom is 0.244 e. The van der Waals surface area contributed by atoms with Crippen molar-refractivity contribution < 1.29 is 13.9 Å². The number of nitrogens with one attached hydrogen (secondary N) is 1. The zero-order valence-electron chi connectivity index (χ0n) is 14.1. The summed E-state index contributed by atoms with van der Waals surface area (Å²) in [7, 11) is 1.85. The van der Waals surface area contributed by atoms with Gasteiger partial charge in [0.25, 0.3) is 0 Å². The van der Waals surface area contributed by atoms with E-state index < -0.39 is 5.82 Å². The Hall–Kier alpha value is -3.48. The number of halogens is 1. The normalized spacial score (nSPS) is 10.8. The first kappa shape index (κ1) is 17.3. The Bertz CT molecular complexity index is 922. The fraction of sp³-hybridized carbons (Fsp3) is 0.105. The summed E-state index contributed by atoms with van der Waals surface area (Å²) < 4.78 is 21.4. The molecule has 0 aliphatic carbocycles. The third kappa shape index (κ3) is 4.54. The molecule has 6 nitrogen and oxygen atoms in total. The van der Waals surface area contributed by atoms with Crippen LogP contribution in [0.5, 0.6) is 11.5 Å². The van der Waals surface area contributed by atoms with Gasteiger partial charge in [0.05, 0.1) is 12.7 Å². The zero-order chi connectivity index (χ0) is 18.4. The number of carbonyl (C=O) groups is 1. The Balaban J connectivity index is 1.59. The lowest BCUT2D eigenvalue weighted by molar-refractivity contribution is -0.116. The van der Waals surface area contributed by atoms with Gasteiger partial charge in [-0.25, -0.2) is 9.37 Å². The highest BCUT2D eigenvalue weighted by molar-refractivity contribution is 5.91. The highest BCUT2D eigenvalue weighted by Gasteiger charge is 2.06. The number of aromatic nitrogens is 3. The van der Waals surface area contributed by atoms with E-state index in [1.165, 1.54) is 30.5 Å². The first-order valence-electron chi connectivity index (χ1n) is 7.91. The van der Waals surface area contributed by atoms with Crippen molar-refractivity contribution in [2.45, 2.75) is 6.54 Å². The molecule has 3 aromatic rings. The van der Waals surface area contributed by atoms with E-state index in [2.05, 4.69) is 15.3 Å². The summed E-state index contributed by atoms with van der Waals surface area (Å²) in [6.45, 7) is 0.318. The Morgan fingerprint density at radius 3 is 2.92 bits per heavy atom. The summed E-state index contributed by atoms with van der Waals surface area (Å²) in [6, 6.07) is 7.86. The molecule has 0 unspecified atom stereocenters. The van der Waals surface area contributed by atoms with E-state index in [1.807, 2.05) is 11.6 Å². The molecule has 0 radical (unpaired) electrons. The van der Waals surface area contributed by atoms with Gasteiger partial charge >= 0.3 is 0 Å². The van der Waals surface area contributed by atoms with Gasteiger partial charge in [-0.05, 0) is 35.9 Å². The van der Waals surface area contributed by atoms with Crippen LogP contribution in [0, 0.1) is 5.82 Å². The quantitative estimate of drug-likeness (QED) is 0.692. The molecule has 1 aromatic carbocycles. The molecule has 0 aliphatic heterocycles. The van der Waals surface area contributed by atoms with Crippen molar-refractivity contribution in [2.75, 3.05) is 0 Å². The first-order valence-corrected chi connectivity index (χ1v) is 7.91. The smallest absolute Gasteiger partial charge is 0.244 e. The Morgan fingerprint density at radius 1 is 1.35 bits per heavy atom. The lowest BCUT2D eigenvalue weighted by atomic mass is 10.2. The van der Waals surface area contributed by atoms with Gasteiger partial charge in [-0.15, -0.1) is 0 Å². The second-order valence-corrected chi connectivity index (χ2v) is 5.49. The molecule has 0 aliphatic rings. The number of rotatable bonds is 6. The number of ether oxygens (including phenoxy) is 1. The number of nitrogens with zero attached hydrogens (tertiary/aromatic N) is 3. The fourth-order valence-electron chi connectivity index (χ4n) is 2.20. The van der Waals surface area contributed by atoms with Crippen molar-refractivity contribution >= 4 is 12.0 Å². The van der Waals surface area contributed by atoms with Gasteiger partial charge in [-0.3, -0.25) is 9.78 Å². The summed E-state index contributed by atoms with van der Waals surface area (Å²) in [4.78, 5) is 19.9. The Kier molecular flexibility index (Phi) is 5.38.